The van der Waals surface area contributed by atoms with Gasteiger partial charge in [0.15, 0.2) is 0 Å². The highest BCUT2D eigenvalue weighted by molar-refractivity contribution is 9.10. The second kappa shape index (κ2) is 9.40. The monoisotopic (exact) mass is 433 g/mol. The number of ether oxygens (including phenoxy) is 1. The molecule has 0 fully saturated rings. The quantitative estimate of drug-likeness (QED) is 0.386. The third kappa shape index (κ3) is 5.22. The number of halogens is 1. The number of rotatable bonds is 6. The lowest BCUT2D eigenvalue weighted by Gasteiger charge is -2.08. The van der Waals surface area contributed by atoms with Crippen molar-refractivity contribution in [3.63, 3.8) is 0 Å². The molecule has 0 aromatic heterocycles. The average Bonchev–Trinajstić information content (AvgIpc) is 2.72. The first-order chi connectivity index (χ1) is 13.7. The predicted octanol–water partition coefficient (Wildman–Crippen LogP) is 5.70. The summed E-state index contributed by atoms with van der Waals surface area (Å²) >= 11 is 3.40. The summed E-state index contributed by atoms with van der Waals surface area (Å²) in [4.78, 5) is 12.3. The number of carbonyl (C=O) groups excluding carboxylic acids is 1. The average molecular weight is 434 g/mol. The van der Waals surface area contributed by atoms with Crippen molar-refractivity contribution in [3.05, 3.63) is 95.1 Å². The normalized spacial score (nSPS) is 10.6. The Hall–Kier alpha value is -3.56. The fraction of sp³-hybridized carbons (Fsp3) is 0. The second-order valence-electron chi connectivity index (χ2n) is 5.69. The zero-order valence-electron chi connectivity index (χ0n) is 14.7. The molecule has 0 saturated heterocycles. The van der Waals surface area contributed by atoms with Crippen LogP contribution in [-0.4, -0.2) is 5.91 Å². The molecule has 0 unspecified atom stereocenters. The highest BCUT2D eigenvalue weighted by Crippen LogP contribution is 2.23. The molecule has 0 radical (unpaired) electrons. The number of benzene rings is 3. The number of nitrogens with zero attached hydrogens (tertiary/aromatic N) is 1. The van der Waals surface area contributed by atoms with E-state index in [4.69, 9.17) is 4.74 Å². The molecule has 3 rings (SSSR count). The van der Waals surface area contributed by atoms with Crippen molar-refractivity contribution in [2.45, 2.75) is 0 Å². The van der Waals surface area contributed by atoms with Gasteiger partial charge in [0.2, 0.25) is 0 Å². The maximum Gasteiger partial charge on any atom is 0.267 e. The van der Waals surface area contributed by atoms with Crippen molar-refractivity contribution in [1.82, 2.24) is 0 Å². The van der Waals surface area contributed by atoms with Crippen molar-refractivity contribution in [1.29, 1.82) is 5.26 Å². The molecular weight excluding hydrogens is 418 g/mol. The standard InChI is InChI=1S/C22H16BrN3O2/c23-20-8-4-5-9-21(20)25-15-16(14-24)22(27)26-17-10-12-19(13-11-17)28-18-6-2-1-3-7-18/h1-13,15,25H,(H,26,27)/b16-15-. The summed E-state index contributed by atoms with van der Waals surface area (Å²) in [6.45, 7) is 0. The number of carbonyl (C=O) groups is 1. The van der Waals surface area contributed by atoms with Crippen molar-refractivity contribution in [2.24, 2.45) is 0 Å². The van der Waals surface area contributed by atoms with E-state index >= 15 is 0 Å². The van der Waals surface area contributed by atoms with Crippen LogP contribution in [0.4, 0.5) is 11.4 Å². The number of anilines is 2. The lowest BCUT2D eigenvalue weighted by molar-refractivity contribution is -0.112. The summed E-state index contributed by atoms with van der Waals surface area (Å²) in [5.41, 5.74) is 1.28. The van der Waals surface area contributed by atoms with Crippen LogP contribution in [0, 0.1) is 11.3 Å². The first-order valence-corrected chi connectivity index (χ1v) is 9.20. The van der Waals surface area contributed by atoms with Gasteiger partial charge in [-0.15, -0.1) is 0 Å². The highest BCUT2D eigenvalue weighted by Gasteiger charge is 2.10. The van der Waals surface area contributed by atoms with E-state index in [2.05, 4.69) is 26.6 Å². The van der Waals surface area contributed by atoms with E-state index in [0.717, 1.165) is 15.9 Å². The molecule has 138 valence electrons. The molecule has 2 N–H and O–H groups in total. The van der Waals surface area contributed by atoms with Gasteiger partial charge in [0.05, 0.1) is 5.69 Å². The van der Waals surface area contributed by atoms with Crippen LogP contribution in [0.15, 0.2) is 95.1 Å². The highest BCUT2D eigenvalue weighted by atomic mass is 79.9. The van der Waals surface area contributed by atoms with E-state index in [9.17, 15) is 10.1 Å². The van der Waals surface area contributed by atoms with Gasteiger partial charge in [-0.25, -0.2) is 0 Å². The van der Waals surface area contributed by atoms with Crippen molar-refractivity contribution < 1.29 is 9.53 Å². The summed E-state index contributed by atoms with van der Waals surface area (Å²) in [5, 5.41) is 14.9. The van der Waals surface area contributed by atoms with Crippen LogP contribution >= 0.6 is 15.9 Å². The number of hydrogen-bond donors (Lipinski definition) is 2. The van der Waals surface area contributed by atoms with Gasteiger partial charge in [0.1, 0.15) is 23.1 Å². The summed E-state index contributed by atoms with van der Waals surface area (Å²) in [6, 6.07) is 25.7. The first kappa shape index (κ1) is 19.2. The van der Waals surface area contributed by atoms with Crippen LogP contribution in [0.2, 0.25) is 0 Å². The zero-order valence-corrected chi connectivity index (χ0v) is 16.3. The number of hydrogen-bond acceptors (Lipinski definition) is 4. The van der Waals surface area contributed by atoms with Gasteiger partial charge < -0.3 is 15.4 Å². The minimum Gasteiger partial charge on any atom is -0.457 e. The molecule has 0 saturated carbocycles. The number of para-hydroxylation sites is 2. The fourth-order valence-corrected chi connectivity index (χ4v) is 2.71. The van der Waals surface area contributed by atoms with E-state index in [1.165, 1.54) is 6.20 Å². The van der Waals surface area contributed by atoms with E-state index < -0.39 is 5.91 Å². The van der Waals surface area contributed by atoms with E-state index in [-0.39, 0.29) is 5.57 Å². The van der Waals surface area contributed by atoms with E-state index in [1.54, 1.807) is 24.3 Å². The molecule has 0 aliphatic heterocycles. The lowest BCUT2D eigenvalue weighted by Crippen LogP contribution is -2.14. The van der Waals surface area contributed by atoms with Gasteiger partial charge in [0, 0.05) is 16.4 Å². The second-order valence-corrected chi connectivity index (χ2v) is 6.54. The number of nitrogens with one attached hydrogen (secondary N) is 2. The van der Waals surface area contributed by atoms with Gasteiger partial charge in [-0.3, -0.25) is 4.79 Å². The molecule has 5 nitrogen and oxygen atoms in total. The summed E-state index contributed by atoms with van der Waals surface area (Å²) in [6.07, 6.45) is 1.38. The van der Waals surface area contributed by atoms with Crippen LogP contribution in [0.3, 0.4) is 0 Å². The molecule has 0 aliphatic carbocycles. The Labute approximate surface area is 171 Å². The van der Waals surface area contributed by atoms with Gasteiger partial charge >= 0.3 is 0 Å². The molecule has 0 aliphatic rings. The number of amides is 1. The maximum absolute atomic E-state index is 12.3. The van der Waals surface area contributed by atoms with Crippen LogP contribution in [0.5, 0.6) is 11.5 Å². The predicted molar refractivity (Wildman–Crippen MR) is 113 cm³/mol. The molecule has 6 heteroatoms. The van der Waals surface area contributed by atoms with E-state index in [0.29, 0.717) is 11.4 Å². The van der Waals surface area contributed by atoms with Crippen LogP contribution in [-0.2, 0) is 4.79 Å². The molecule has 0 spiro atoms. The largest absolute Gasteiger partial charge is 0.457 e. The molecule has 0 atom stereocenters. The molecule has 0 bridgehead atoms. The van der Waals surface area contributed by atoms with Gasteiger partial charge in [-0.1, -0.05) is 30.3 Å². The SMILES string of the molecule is N#C/C(=C/Nc1ccccc1Br)C(=O)Nc1ccc(Oc2ccccc2)cc1. The Morgan fingerprint density at radius 1 is 0.929 bits per heavy atom. The third-order valence-electron chi connectivity index (χ3n) is 3.70. The van der Waals surface area contributed by atoms with Crippen molar-refractivity contribution in [2.75, 3.05) is 10.6 Å². The van der Waals surface area contributed by atoms with Crippen LogP contribution in [0.1, 0.15) is 0 Å². The molecule has 3 aromatic carbocycles. The van der Waals surface area contributed by atoms with Gasteiger partial charge in [0.25, 0.3) is 5.91 Å². The minimum absolute atomic E-state index is 0.0413. The van der Waals surface area contributed by atoms with Crippen molar-refractivity contribution >= 4 is 33.2 Å². The maximum atomic E-state index is 12.3. The summed E-state index contributed by atoms with van der Waals surface area (Å²) in [7, 11) is 0. The number of nitriles is 1. The zero-order chi connectivity index (χ0) is 19.8. The Balaban J connectivity index is 1.63. The smallest absolute Gasteiger partial charge is 0.267 e. The molecular formula is C22H16BrN3O2. The molecule has 28 heavy (non-hydrogen) atoms. The Kier molecular flexibility index (Phi) is 6.45. The summed E-state index contributed by atoms with van der Waals surface area (Å²) < 4.78 is 6.55. The summed E-state index contributed by atoms with van der Waals surface area (Å²) in [5.74, 6) is 0.877. The van der Waals surface area contributed by atoms with Crippen LogP contribution < -0.4 is 15.4 Å². The lowest BCUT2D eigenvalue weighted by atomic mass is 10.2. The Bertz CT molecular complexity index is 1030. The third-order valence-corrected chi connectivity index (χ3v) is 4.39. The van der Waals surface area contributed by atoms with Gasteiger partial charge in [-0.2, -0.15) is 5.26 Å². The Morgan fingerprint density at radius 2 is 1.57 bits per heavy atom. The minimum atomic E-state index is -0.501. The van der Waals surface area contributed by atoms with Crippen molar-refractivity contribution in [3.8, 4) is 17.6 Å². The fourth-order valence-electron chi connectivity index (χ4n) is 2.31. The van der Waals surface area contributed by atoms with Gasteiger partial charge in [-0.05, 0) is 64.5 Å². The Morgan fingerprint density at radius 3 is 2.25 bits per heavy atom. The van der Waals surface area contributed by atoms with E-state index in [1.807, 2.05) is 60.7 Å². The molecule has 0 heterocycles. The molecule has 3 aromatic rings. The van der Waals surface area contributed by atoms with Crippen LogP contribution in [0.25, 0.3) is 0 Å². The molecule has 1 amide bonds. The first-order valence-electron chi connectivity index (χ1n) is 8.41. The topological polar surface area (TPSA) is 74.2 Å².